The van der Waals surface area contributed by atoms with Crippen molar-refractivity contribution in [2.45, 2.75) is 43.2 Å². The van der Waals surface area contributed by atoms with E-state index in [9.17, 15) is 4.79 Å². The lowest BCUT2D eigenvalue weighted by molar-refractivity contribution is -0.118. The topological polar surface area (TPSA) is 85.8 Å². The Kier molecular flexibility index (Phi) is 4.60. The minimum Gasteiger partial charge on any atom is -0.309 e. The average molecular weight is 269 g/mol. The number of hydrogen-bond acceptors (Lipinski definition) is 5. The van der Waals surface area contributed by atoms with Gasteiger partial charge in [-0.15, -0.1) is 10.2 Å². The van der Waals surface area contributed by atoms with Crippen LogP contribution in [0.4, 0.5) is 0 Å². The van der Waals surface area contributed by atoms with Crippen molar-refractivity contribution in [2.24, 2.45) is 12.9 Å². The number of hydrazine groups is 1. The van der Waals surface area contributed by atoms with Crippen molar-refractivity contribution in [1.29, 1.82) is 0 Å². The zero-order valence-electron chi connectivity index (χ0n) is 10.6. The van der Waals surface area contributed by atoms with Gasteiger partial charge in [-0.1, -0.05) is 31.0 Å². The molecule has 1 aliphatic carbocycles. The average Bonchev–Trinajstić information content (AvgIpc) is 2.78. The molecule has 100 valence electrons. The highest BCUT2D eigenvalue weighted by Crippen LogP contribution is 2.32. The van der Waals surface area contributed by atoms with Crippen LogP contribution in [0, 0.1) is 0 Å². The summed E-state index contributed by atoms with van der Waals surface area (Å²) in [5, 5.41) is 9.20. The summed E-state index contributed by atoms with van der Waals surface area (Å²) >= 11 is 1.36. The fourth-order valence-corrected chi connectivity index (χ4v) is 3.07. The molecule has 0 atom stereocenters. The molecule has 2 rings (SSSR count). The highest BCUT2D eigenvalue weighted by molar-refractivity contribution is 7.99. The third-order valence-corrected chi connectivity index (χ3v) is 4.35. The Morgan fingerprint density at radius 1 is 1.44 bits per heavy atom. The fourth-order valence-electron chi connectivity index (χ4n) is 2.34. The lowest BCUT2D eigenvalue weighted by Gasteiger charge is -2.20. The van der Waals surface area contributed by atoms with Gasteiger partial charge in [-0.05, 0) is 12.8 Å². The molecule has 0 saturated heterocycles. The number of rotatable bonds is 4. The minimum absolute atomic E-state index is 0.206. The van der Waals surface area contributed by atoms with E-state index in [-0.39, 0.29) is 11.7 Å². The largest absolute Gasteiger partial charge is 0.309 e. The molecule has 7 heteroatoms. The molecular formula is C11H19N5OS. The summed E-state index contributed by atoms with van der Waals surface area (Å²) in [6.45, 7) is 0. The zero-order chi connectivity index (χ0) is 13.0. The van der Waals surface area contributed by atoms with Crippen LogP contribution in [0.1, 0.15) is 43.8 Å². The van der Waals surface area contributed by atoms with Crippen molar-refractivity contribution in [2.75, 3.05) is 5.75 Å². The highest BCUT2D eigenvalue weighted by Gasteiger charge is 2.21. The summed E-state index contributed by atoms with van der Waals surface area (Å²) in [6, 6.07) is 0. The van der Waals surface area contributed by atoms with Crippen molar-refractivity contribution >= 4 is 17.7 Å². The number of nitrogens with one attached hydrogen (secondary N) is 1. The Hall–Kier alpha value is -1.08. The first-order valence-corrected chi connectivity index (χ1v) is 7.22. The van der Waals surface area contributed by atoms with E-state index in [1.165, 1.54) is 43.9 Å². The number of nitrogens with zero attached hydrogens (tertiary/aromatic N) is 3. The number of thioether (sulfide) groups is 1. The van der Waals surface area contributed by atoms with Gasteiger partial charge >= 0.3 is 0 Å². The van der Waals surface area contributed by atoms with Gasteiger partial charge in [0, 0.05) is 13.0 Å². The first kappa shape index (κ1) is 13.4. The molecule has 6 nitrogen and oxygen atoms in total. The third kappa shape index (κ3) is 3.02. The van der Waals surface area contributed by atoms with Crippen molar-refractivity contribution in [3.8, 4) is 0 Å². The third-order valence-electron chi connectivity index (χ3n) is 3.33. The first-order chi connectivity index (χ1) is 8.72. The summed E-state index contributed by atoms with van der Waals surface area (Å²) in [6.07, 6.45) is 6.26. The summed E-state index contributed by atoms with van der Waals surface area (Å²) in [5.41, 5.74) is 2.11. The predicted octanol–water partition coefficient (Wildman–Crippen LogP) is 0.945. The van der Waals surface area contributed by atoms with Crippen LogP contribution >= 0.6 is 11.8 Å². The number of carbonyl (C=O) groups is 1. The van der Waals surface area contributed by atoms with E-state index in [1.807, 2.05) is 11.6 Å². The van der Waals surface area contributed by atoms with E-state index in [0.717, 1.165) is 11.0 Å². The predicted molar refractivity (Wildman–Crippen MR) is 69.9 cm³/mol. The Bertz CT molecular complexity index is 414. The molecular weight excluding hydrogens is 250 g/mol. The van der Waals surface area contributed by atoms with Gasteiger partial charge in [-0.25, -0.2) is 5.84 Å². The van der Waals surface area contributed by atoms with Gasteiger partial charge < -0.3 is 4.57 Å². The van der Waals surface area contributed by atoms with E-state index < -0.39 is 0 Å². The van der Waals surface area contributed by atoms with Gasteiger partial charge in [-0.2, -0.15) is 0 Å². The standard InChI is InChI=1S/C11H19N5OS/c1-16-10(8-5-3-2-4-6-8)14-15-11(16)18-7-9(17)13-12/h8H,2-7,12H2,1H3,(H,13,17). The maximum absolute atomic E-state index is 11.1. The Labute approximate surface area is 111 Å². The molecule has 0 unspecified atom stereocenters. The maximum Gasteiger partial charge on any atom is 0.244 e. The van der Waals surface area contributed by atoms with E-state index in [1.54, 1.807) is 0 Å². The molecule has 0 spiro atoms. The van der Waals surface area contributed by atoms with E-state index in [2.05, 4.69) is 15.6 Å². The van der Waals surface area contributed by atoms with Crippen LogP contribution in [0.2, 0.25) is 0 Å². The van der Waals surface area contributed by atoms with E-state index in [0.29, 0.717) is 5.92 Å². The number of carbonyl (C=O) groups excluding carboxylic acids is 1. The smallest absolute Gasteiger partial charge is 0.244 e. The van der Waals surface area contributed by atoms with Crippen LogP contribution in [-0.2, 0) is 11.8 Å². The molecule has 1 aliphatic rings. The quantitative estimate of drug-likeness (QED) is 0.368. The summed E-state index contributed by atoms with van der Waals surface area (Å²) in [5.74, 6) is 6.67. The molecule has 1 aromatic heterocycles. The van der Waals surface area contributed by atoms with Crippen molar-refractivity contribution in [3.63, 3.8) is 0 Å². The van der Waals surface area contributed by atoms with Crippen molar-refractivity contribution < 1.29 is 4.79 Å². The summed E-state index contributed by atoms with van der Waals surface area (Å²) in [7, 11) is 1.96. The second-order valence-corrected chi connectivity index (χ2v) is 5.53. The molecule has 1 heterocycles. The van der Waals surface area contributed by atoms with E-state index >= 15 is 0 Å². The van der Waals surface area contributed by atoms with Crippen LogP contribution in [0.25, 0.3) is 0 Å². The molecule has 3 N–H and O–H groups in total. The Morgan fingerprint density at radius 2 is 2.17 bits per heavy atom. The lowest BCUT2D eigenvalue weighted by atomic mass is 9.89. The van der Waals surface area contributed by atoms with Crippen LogP contribution < -0.4 is 11.3 Å². The number of hydrogen-bond donors (Lipinski definition) is 2. The Morgan fingerprint density at radius 3 is 2.83 bits per heavy atom. The van der Waals surface area contributed by atoms with Crippen molar-refractivity contribution in [3.05, 3.63) is 5.82 Å². The van der Waals surface area contributed by atoms with E-state index in [4.69, 9.17) is 5.84 Å². The summed E-state index contributed by atoms with van der Waals surface area (Å²) in [4.78, 5) is 11.1. The molecule has 1 amide bonds. The van der Waals surface area contributed by atoms with Gasteiger partial charge in [0.2, 0.25) is 5.91 Å². The molecule has 1 saturated carbocycles. The second-order valence-electron chi connectivity index (χ2n) is 4.59. The maximum atomic E-state index is 11.1. The molecule has 0 aliphatic heterocycles. The van der Waals surface area contributed by atoms with Gasteiger partial charge in [0.15, 0.2) is 5.16 Å². The zero-order valence-corrected chi connectivity index (χ0v) is 11.4. The van der Waals surface area contributed by atoms with Crippen molar-refractivity contribution in [1.82, 2.24) is 20.2 Å². The molecule has 0 bridgehead atoms. The molecule has 18 heavy (non-hydrogen) atoms. The normalized spacial score (nSPS) is 16.8. The number of amides is 1. The molecule has 0 radical (unpaired) electrons. The second kappa shape index (κ2) is 6.19. The Balaban J connectivity index is 2.01. The van der Waals surface area contributed by atoms with Gasteiger partial charge in [0.05, 0.1) is 5.75 Å². The van der Waals surface area contributed by atoms with Gasteiger partial charge in [0.25, 0.3) is 0 Å². The monoisotopic (exact) mass is 269 g/mol. The SMILES string of the molecule is Cn1c(SCC(=O)NN)nnc1C1CCCCC1. The molecule has 0 aromatic carbocycles. The lowest BCUT2D eigenvalue weighted by Crippen LogP contribution is -2.31. The molecule has 1 aromatic rings. The highest BCUT2D eigenvalue weighted by atomic mass is 32.2. The van der Waals surface area contributed by atoms with Gasteiger partial charge in [-0.3, -0.25) is 10.2 Å². The van der Waals surface area contributed by atoms with Crippen LogP contribution in [0.5, 0.6) is 0 Å². The van der Waals surface area contributed by atoms with Gasteiger partial charge in [0.1, 0.15) is 5.82 Å². The van der Waals surface area contributed by atoms with Crippen LogP contribution in [-0.4, -0.2) is 26.4 Å². The number of nitrogens with two attached hydrogens (primary N) is 1. The number of aromatic nitrogens is 3. The van der Waals surface area contributed by atoms with Crippen LogP contribution in [0.15, 0.2) is 5.16 Å². The minimum atomic E-state index is -0.206. The first-order valence-electron chi connectivity index (χ1n) is 6.24. The molecule has 1 fully saturated rings. The summed E-state index contributed by atoms with van der Waals surface area (Å²) < 4.78 is 2.00. The van der Waals surface area contributed by atoms with Crippen LogP contribution in [0.3, 0.4) is 0 Å². The fraction of sp³-hybridized carbons (Fsp3) is 0.727.